The SMILES string of the molecule is C=CCOC(=O)CNCCN=C([O-])OCC1c2ccccc2-c2ccccc21. The second-order valence-corrected chi connectivity index (χ2v) is 6.33. The van der Waals surface area contributed by atoms with Gasteiger partial charge in [-0.05, 0) is 22.3 Å². The highest BCUT2D eigenvalue weighted by Crippen LogP contribution is 2.44. The number of carbonyl (C=O) groups is 1. The van der Waals surface area contributed by atoms with E-state index in [4.69, 9.17) is 9.47 Å². The maximum Gasteiger partial charge on any atom is 0.320 e. The standard InChI is InChI=1S/C22H24N2O4/c1-2-13-27-21(25)14-23-11-12-24-22(26)28-15-20-18-9-5-3-7-16(18)17-8-4-6-10-19(17)20/h2-10,20,23H,1,11-15H2,(H,24,26)/p-1. The van der Waals surface area contributed by atoms with E-state index in [1.807, 2.05) is 24.3 Å². The fraction of sp³-hybridized carbons (Fsp3) is 0.273. The number of nitrogens with one attached hydrogen (secondary N) is 1. The number of nitrogens with zero attached hydrogens (tertiary/aromatic N) is 1. The molecule has 0 unspecified atom stereocenters. The summed E-state index contributed by atoms with van der Waals surface area (Å²) in [5.41, 5.74) is 4.69. The maximum absolute atomic E-state index is 11.9. The van der Waals surface area contributed by atoms with Crippen LogP contribution < -0.4 is 10.4 Å². The van der Waals surface area contributed by atoms with Crippen molar-refractivity contribution in [2.45, 2.75) is 5.92 Å². The Hall–Kier alpha value is -3.12. The number of rotatable bonds is 9. The minimum atomic E-state index is -0.599. The molecular formula is C22H23N2O4-. The zero-order chi connectivity index (χ0) is 19.8. The van der Waals surface area contributed by atoms with Crippen LogP contribution in [0.25, 0.3) is 11.1 Å². The summed E-state index contributed by atoms with van der Waals surface area (Å²) in [6, 6.07) is 16.3. The van der Waals surface area contributed by atoms with Gasteiger partial charge in [-0.25, -0.2) is 0 Å². The van der Waals surface area contributed by atoms with Gasteiger partial charge in [0.1, 0.15) is 12.7 Å². The lowest BCUT2D eigenvalue weighted by Gasteiger charge is -2.21. The molecule has 3 rings (SSSR count). The van der Waals surface area contributed by atoms with Crippen molar-refractivity contribution in [1.29, 1.82) is 0 Å². The van der Waals surface area contributed by atoms with Gasteiger partial charge in [-0.1, -0.05) is 61.2 Å². The number of carbonyl (C=O) groups excluding carboxylic acids is 1. The number of esters is 1. The lowest BCUT2D eigenvalue weighted by atomic mass is 9.98. The van der Waals surface area contributed by atoms with Crippen LogP contribution in [0.4, 0.5) is 0 Å². The van der Waals surface area contributed by atoms with E-state index in [0.29, 0.717) is 6.54 Å². The Morgan fingerprint density at radius 1 is 1.11 bits per heavy atom. The Balaban J connectivity index is 1.48. The van der Waals surface area contributed by atoms with Crippen LogP contribution in [-0.4, -0.2) is 44.9 Å². The molecule has 0 saturated heterocycles. The lowest BCUT2D eigenvalue weighted by Crippen LogP contribution is -2.29. The Labute approximate surface area is 164 Å². The van der Waals surface area contributed by atoms with Crippen molar-refractivity contribution in [3.63, 3.8) is 0 Å². The molecule has 0 amide bonds. The molecule has 6 nitrogen and oxygen atoms in total. The molecule has 6 heteroatoms. The van der Waals surface area contributed by atoms with Crippen molar-refractivity contribution in [1.82, 2.24) is 5.32 Å². The molecule has 0 fully saturated rings. The topological polar surface area (TPSA) is 83.0 Å². The molecule has 1 N–H and O–H groups in total. The van der Waals surface area contributed by atoms with Gasteiger partial charge < -0.3 is 19.9 Å². The number of ether oxygens (including phenoxy) is 2. The van der Waals surface area contributed by atoms with E-state index in [9.17, 15) is 9.90 Å². The van der Waals surface area contributed by atoms with Crippen molar-refractivity contribution >= 4 is 12.1 Å². The minimum absolute atomic E-state index is 0.0179. The number of aliphatic imine (C=N–C) groups is 1. The summed E-state index contributed by atoms with van der Waals surface area (Å²) in [6.45, 7) is 4.58. The largest absolute Gasteiger partial charge is 0.599 e. The number of hydrogen-bond acceptors (Lipinski definition) is 6. The summed E-state index contributed by atoms with van der Waals surface area (Å²) < 4.78 is 10.2. The first-order chi connectivity index (χ1) is 13.7. The molecule has 0 bridgehead atoms. The first-order valence-corrected chi connectivity index (χ1v) is 9.20. The third-order valence-corrected chi connectivity index (χ3v) is 4.50. The monoisotopic (exact) mass is 379 g/mol. The molecule has 0 saturated carbocycles. The molecule has 146 valence electrons. The predicted octanol–water partition coefficient (Wildman–Crippen LogP) is 1.85. The highest BCUT2D eigenvalue weighted by atomic mass is 16.6. The van der Waals surface area contributed by atoms with Crippen molar-refractivity contribution in [3.8, 4) is 11.1 Å². The van der Waals surface area contributed by atoms with Crippen LogP contribution in [0.3, 0.4) is 0 Å². The van der Waals surface area contributed by atoms with Gasteiger partial charge in [0.15, 0.2) is 0 Å². The molecule has 0 heterocycles. The third kappa shape index (κ3) is 4.78. The molecule has 0 radical (unpaired) electrons. The van der Waals surface area contributed by atoms with Crippen LogP contribution in [0.1, 0.15) is 17.0 Å². The fourth-order valence-electron chi connectivity index (χ4n) is 3.26. The molecule has 2 aromatic carbocycles. The van der Waals surface area contributed by atoms with E-state index < -0.39 is 6.08 Å². The maximum atomic E-state index is 11.9. The van der Waals surface area contributed by atoms with E-state index in [0.717, 1.165) is 11.1 Å². The molecule has 0 atom stereocenters. The van der Waals surface area contributed by atoms with Crippen molar-refractivity contribution < 1.29 is 19.4 Å². The molecule has 1 aliphatic rings. The van der Waals surface area contributed by atoms with Crippen molar-refractivity contribution in [2.75, 3.05) is 32.8 Å². The summed E-state index contributed by atoms with van der Waals surface area (Å²) in [4.78, 5) is 15.2. The summed E-state index contributed by atoms with van der Waals surface area (Å²) in [5, 5.41) is 14.8. The molecular weight excluding hydrogens is 356 g/mol. The van der Waals surface area contributed by atoms with Crippen molar-refractivity contribution in [3.05, 3.63) is 72.3 Å². The second kappa shape index (κ2) is 9.71. The van der Waals surface area contributed by atoms with Crippen molar-refractivity contribution in [2.24, 2.45) is 4.99 Å². The van der Waals surface area contributed by atoms with Crippen LogP contribution in [-0.2, 0) is 14.3 Å². The van der Waals surface area contributed by atoms with E-state index in [1.165, 1.54) is 17.2 Å². The summed E-state index contributed by atoms with van der Waals surface area (Å²) in [6.07, 6.45) is 0.905. The van der Waals surface area contributed by atoms with Crippen LogP contribution in [0.15, 0.2) is 66.2 Å². The summed E-state index contributed by atoms with van der Waals surface area (Å²) in [5.74, 6) is -0.356. The Morgan fingerprint density at radius 3 is 2.39 bits per heavy atom. The third-order valence-electron chi connectivity index (χ3n) is 4.50. The van der Waals surface area contributed by atoms with E-state index >= 15 is 0 Å². The molecule has 2 aromatic rings. The number of hydrogen-bond donors (Lipinski definition) is 1. The Bertz CT molecular complexity index is 818. The van der Waals surface area contributed by atoms with Gasteiger partial charge in [0.05, 0.1) is 13.1 Å². The van der Waals surface area contributed by atoms with Crippen LogP contribution in [0.2, 0.25) is 0 Å². The van der Waals surface area contributed by atoms with Crippen LogP contribution in [0.5, 0.6) is 0 Å². The summed E-state index contributed by atoms with van der Waals surface area (Å²) >= 11 is 0. The second-order valence-electron chi connectivity index (χ2n) is 6.33. The number of fused-ring (bicyclic) bond motifs is 3. The molecule has 0 aromatic heterocycles. The first-order valence-electron chi connectivity index (χ1n) is 9.20. The quantitative estimate of drug-likeness (QED) is 0.236. The Morgan fingerprint density at radius 2 is 1.75 bits per heavy atom. The summed E-state index contributed by atoms with van der Waals surface area (Å²) in [7, 11) is 0. The van der Waals surface area contributed by atoms with Gasteiger partial charge >= 0.3 is 5.97 Å². The van der Waals surface area contributed by atoms with Gasteiger partial charge in [0.2, 0.25) is 0 Å². The van der Waals surface area contributed by atoms with Crippen LogP contribution >= 0.6 is 0 Å². The smallest absolute Gasteiger partial charge is 0.320 e. The average molecular weight is 379 g/mol. The average Bonchev–Trinajstić information content (AvgIpc) is 3.04. The zero-order valence-electron chi connectivity index (χ0n) is 15.6. The van der Waals surface area contributed by atoms with Gasteiger partial charge in [-0.2, -0.15) is 0 Å². The minimum Gasteiger partial charge on any atom is -0.599 e. The van der Waals surface area contributed by atoms with Gasteiger partial charge in [0.25, 0.3) is 0 Å². The molecule has 0 spiro atoms. The molecule has 28 heavy (non-hydrogen) atoms. The predicted molar refractivity (Wildman–Crippen MR) is 106 cm³/mol. The highest BCUT2D eigenvalue weighted by Gasteiger charge is 2.26. The zero-order valence-corrected chi connectivity index (χ0v) is 15.6. The van der Waals surface area contributed by atoms with Gasteiger partial charge in [-0.15, -0.1) is 0 Å². The Kier molecular flexibility index (Phi) is 6.81. The normalized spacial score (nSPS) is 12.9. The number of benzene rings is 2. The van der Waals surface area contributed by atoms with Gasteiger partial charge in [0, 0.05) is 19.1 Å². The van der Waals surface area contributed by atoms with Gasteiger partial charge in [-0.3, -0.25) is 9.79 Å². The van der Waals surface area contributed by atoms with E-state index in [2.05, 4.69) is 41.2 Å². The molecule has 1 aliphatic carbocycles. The highest BCUT2D eigenvalue weighted by molar-refractivity contribution is 5.79. The molecule has 0 aliphatic heterocycles. The van der Waals surface area contributed by atoms with Crippen LogP contribution in [0, 0.1) is 0 Å². The lowest BCUT2D eigenvalue weighted by molar-refractivity contribution is -0.251. The van der Waals surface area contributed by atoms with E-state index in [1.54, 1.807) is 0 Å². The fourth-order valence-corrected chi connectivity index (χ4v) is 3.26. The van der Waals surface area contributed by atoms with E-state index in [-0.39, 0.29) is 38.2 Å². The first kappa shape index (κ1) is 19.6.